The number of methoxy groups -OCH3 is 2. The summed E-state index contributed by atoms with van der Waals surface area (Å²) in [5.74, 6) is 1.52. The van der Waals surface area contributed by atoms with E-state index in [1.54, 1.807) is 30.5 Å². The van der Waals surface area contributed by atoms with Crippen LogP contribution in [0.4, 0.5) is 0 Å². The fraction of sp³-hybridized carbons (Fsp3) is 0.179. The minimum atomic E-state index is -0.0172. The molecule has 0 radical (unpaired) electrons. The summed E-state index contributed by atoms with van der Waals surface area (Å²) in [6.07, 6.45) is 4.76. The zero-order chi connectivity index (χ0) is 26.2. The van der Waals surface area contributed by atoms with E-state index in [4.69, 9.17) is 26.8 Å². The molecule has 0 atom stereocenters. The van der Waals surface area contributed by atoms with Gasteiger partial charge in [0.1, 0.15) is 10.0 Å². The van der Waals surface area contributed by atoms with Crippen molar-refractivity contribution in [2.45, 2.75) is 13.3 Å². The Morgan fingerprint density at radius 2 is 1.65 bits per heavy atom. The van der Waals surface area contributed by atoms with Crippen LogP contribution in [0.2, 0.25) is 0 Å². The van der Waals surface area contributed by atoms with Gasteiger partial charge in [-0.15, -0.1) is 11.3 Å². The molecule has 0 unspecified atom stereocenters. The van der Waals surface area contributed by atoms with Crippen LogP contribution >= 0.6 is 35.3 Å². The van der Waals surface area contributed by atoms with E-state index in [0.29, 0.717) is 15.8 Å². The number of ether oxygens (including phenoxy) is 2. The predicted molar refractivity (Wildman–Crippen MR) is 157 cm³/mol. The van der Waals surface area contributed by atoms with Crippen molar-refractivity contribution in [3.8, 4) is 27.8 Å². The van der Waals surface area contributed by atoms with Crippen LogP contribution in [-0.2, 0) is 4.79 Å². The number of aromatic nitrogens is 2. The molecule has 0 N–H and O–H groups in total. The van der Waals surface area contributed by atoms with Gasteiger partial charge >= 0.3 is 0 Å². The van der Waals surface area contributed by atoms with Gasteiger partial charge in [-0.2, -0.15) is 5.10 Å². The van der Waals surface area contributed by atoms with Crippen LogP contribution in [-0.4, -0.2) is 45.7 Å². The summed E-state index contributed by atoms with van der Waals surface area (Å²) in [5.41, 5.74) is 2.77. The minimum absolute atomic E-state index is 0.0172. The van der Waals surface area contributed by atoms with Crippen LogP contribution in [0.5, 0.6) is 11.5 Å². The molecule has 1 saturated heterocycles. The zero-order valence-corrected chi connectivity index (χ0v) is 23.2. The molecule has 1 aliphatic heterocycles. The minimum Gasteiger partial charge on any atom is -0.493 e. The lowest BCUT2D eigenvalue weighted by molar-refractivity contribution is -0.122. The maximum atomic E-state index is 12.7. The van der Waals surface area contributed by atoms with Crippen molar-refractivity contribution in [2.75, 3.05) is 20.8 Å². The van der Waals surface area contributed by atoms with Gasteiger partial charge in [-0.05, 0) is 48.2 Å². The number of nitrogens with zero attached hydrogens (tertiary/aromatic N) is 3. The molecule has 0 aliphatic carbocycles. The molecular formula is C28H27N3O3S3. The van der Waals surface area contributed by atoms with Gasteiger partial charge in [-0.3, -0.25) is 9.69 Å². The number of hydrogen-bond acceptors (Lipinski definition) is 7. The van der Waals surface area contributed by atoms with Gasteiger partial charge in [0.05, 0.1) is 29.7 Å². The van der Waals surface area contributed by atoms with E-state index < -0.39 is 0 Å². The van der Waals surface area contributed by atoms with E-state index >= 15 is 0 Å². The molecule has 0 bridgehead atoms. The summed E-state index contributed by atoms with van der Waals surface area (Å²) in [6, 6.07) is 21.5. The summed E-state index contributed by atoms with van der Waals surface area (Å²) in [7, 11) is 3.25. The Morgan fingerprint density at radius 3 is 2.24 bits per heavy atom. The van der Waals surface area contributed by atoms with Gasteiger partial charge in [0.2, 0.25) is 0 Å². The molecule has 3 heterocycles. The van der Waals surface area contributed by atoms with Crippen molar-refractivity contribution >= 4 is 51.6 Å². The number of thiocarbonyl (C=S) groups is 1. The number of thioether (sulfide) groups is 1. The Morgan fingerprint density at radius 1 is 0.973 bits per heavy atom. The Kier molecular flexibility index (Phi) is 9.16. The van der Waals surface area contributed by atoms with E-state index in [9.17, 15) is 4.79 Å². The van der Waals surface area contributed by atoms with Gasteiger partial charge in [0.25, 0.3) is 5.91 Å². The average molecular weight is 550 g/mol. The van der Waals surface area contributed by atoms with Crippen LogP contribution in [0, 0.1) is 0 Å². The van der Waals surface area contributed by atoms with Gasteiger partial charge in [0.15, 0.2) is 11.5 Å². The summed E-state index contributed by atoms with van der Waals surface area (Å²) >= 11 is 8.38. The number of amides is 1. The average Bonchev–Trinajstić information content (AvgIpc) is 3.67. The molecule has 1 amide bonds. The molecule has 0 saturated carbocycles. The van der Waals surface area contributed by atoms with Crippen LogP contribution in [0.3, 0.4) is 0 Å². The number of para-hydroxylation sites is 3. The van der Waals surface area contributed by atoms with Gasteiger partial charge < -0.3 is 9.47 Å². The largest absolute Gasteiger partial charge is 0.493 e. The third kappa shape index (κ3) is 6.30. The van der Waals surface area contributed by atoms with E-state index in [0.717, 1.165) is 39.7 Å². The monoisotopic (exact) mass is 549 g/mol. The first-order valence-electron chi connectivity index (χ1n) is 11.7. The SMILES string of the molecule is CCCN1C(=O)/C(=C/c2cn(-c3ccccc3)nc2-c2cccs2)SC1=S.COc1ccccc1OC. The Labute approximate surface area is 230 Å². The molecule has 9 heteroatoms. The smallest absolute Gasteiger partial charge is 0.266 e. The van der Waals surface area contributed by atoms with Crippen molar-refractivity contribution < 1.29 is 14.3 Å². The van der Waals surface area contributed by atoms with Gasteiger partial charge in [-0.1, -0.05) is 67.3 Å². The van der Waals surface area contributed by atoms with Crippen LogP contribution < -0.4 is 9.47 Å². The highest BCUT2D eigenvalue weighted by molar-refractivity contribution is 8.26. The van der Waals surface area contributed by atoms with Gasteiger partial charge in [-0.25, -0.2) is 4.68 Å². The van der Waals surface area contributed by atoms with Crippen LogP contribution in [0.25, 0.3) is 22.3 Å². The standard InChI is InChI=1S/C20H17N3OS3.C8H10O2/c1-2-10-22-19(24)17(27-20(22)25)12-14-13-23(15-7-4-3-5-8-15)21-18(14)16-9-6-11-26-16;1-9-7-5-3-4-6-8(7)10-2/h3-9,11-13H,2,10H2,1H3;3-6H,1-2H3/b17-12-;. The van der Waals surface area contributed by atoms with Crippen LogP contribution in [0.1, 0.15) is 18.9 Å². The van der Waals surface area contributed by atoms with Crippen LogP contribution in [0.15, 0.2) is 83.2 Å². The Balaban J connectivity index is 0.000000270. The predicted octanol–water partition coefficient (Wildman–Crippen LogP) is 6.92. The molecule has 190 valence electrons. The first kappa shape index (κ1) is 26.7. The molecule has 4 aromatic rings. The van der Waals surface area contributed by atoms with Crippen molar-refractivity contribution in [1.29, 1.82) is 0 Å². The summed E-state index contributed by atoms with van der Waals surface area (Å²) in [6.45, 7) is 2.70. The number of rotatable bonds is 7. The summed E-state index contributed by atoms with van der Waals surface area (Å²) < 4.78 is 12.5. The van der Waals surface area contributed by atoms with Crippen molar-refractivity contribution in [1.82, 2.24) is 14.7 Å². The number of carbonyl (C=O) groups excluding carboxylic acids is 1. The summed E-state index contributed by atoms with van der Waals surface area (Å²) in [4.78, 5) is 16.1. The molecular weight excluding hydrogens is 523 g/mol. The molecule has 2 aromatic carbocycles. The molecule has 0 spiro atoms. The lowest BCUT2D eigenvalue weighted by Crippen LogP contribution is -2.28. The number of hydrogen-bond donors (Lipinski definition) is 0. The first-order chi connectivity index (χ1) is 18.0. The van der Waals surface area contributed by atoms with E-state index in [1.165, 1.54) is 11.8 Å². The molecule has 2 aromatic heterocycles. The topological polar surface area (TPSA) is 56.6 Å². The molecule has 1 aliphatic rings. The molecule has 5 rings (SSSR count). The van der Waals surface area contributed by atoms with Crippen molar-refractivity contribution in [2.24, 2.45) is 0 Å². The van der Waals surface area contributed by atoms with Crippen molar-refractivity contribution in [3.05, 3.63) is 88.8 Å². The van der Waals surface area contributed by atoms with Gasteiger partial charge in [0, 0.05) is 18.3 Å². The van der Waals surface area contributed by atoms with E-state index in [-0.39, 0.29) is 5.91 Å². The Hall–Kier alpha value is -3.40. The maximum absolute atomic E-state index is 12.7. The second-order valence-electron chi connectivity index (χ2n) is 7.88. The number of benzene rings is 2. The molecule has 1 fully saturated rings. The highest BCUT2D eigenvalue weighted by Gasteiger charge is 2.31. The molecule has 37 heavy (non-hydrogen) atoms. The zero-order valence-electron chi connectivity index (χ0n) is 20.8. The molecule has 6 nitrogen and oxygen atoms in total. The third-order valence-electron chi connectivity index (χ3n) is 5.41. The lowest BCUT2D eigenvalue weighted by Gasteiger charge is -2.11. The normalized spacial score (nSPS) is 14.0. The first-order valence-corrected chi connectivity index (χ1v) is 13.8. The fourth-order valence-corrected chi connectivity index (χ4v) is 5.69. The lowest BCUT2D eigenvalue weighted by atomic mass is 10.2. The highest BCUT2D eigenvalue weighted by atomic mass is 32.2. The van der Waals surface area contributed by atoms with E-state index in [1.807, 2.05) is 96.0 Å². The van der Waals surface area contributed by atoms with Crippen molar-refractivity contribution in [3.63, 3.8) is 0 Å². The number of carbonyl (C=O) groups is 1. The Bertz CT molecular complexity index is 1360. The fourth-order valence-electron chi connectivity index (χ4n) is 3.66. The van der Waals surface area contributed by atoms with E-state index in [2.05, 4.69) is 0 Å². The second kappa shape index (κ2) is 12.7. The third-order valence-corrected chi connectivity index (χ3v) is 7.67. The second-order valence-corrected chi connectivity index (χ2v) is 10.5. The quantitative estimate of drug-likeness (QED) is 0.184. The maximum Gasteiger partial charge on any atom is 0.266 e. The number of thiophene rings is 1. The summed E-state index contributed by atoms with van der Waals surface area (Å²) in [5, 5.41) is 6.81. The highest BCUT2D eigenvalue weighted by Crippen LogP contribution is 2.35.